The fraction of sp³-hybridized carbons (Fsp3) is 0.938. The topological polar surface area (TPSA) is 40.5 Å². The molecule has 1 rings (SSSR count). The van der Waals surface area contributed by atoms with Crippen molar-refractivity contribution in [2.75, 3.05) is 13.1 Å². The van der Waals surface area contributed by atoms with E-state index in [9.17, 15) is 9.90 Å². The molecule has 0 saturated carbocycles. The highest BCUT2D eigenvalue weighted by atomic mass is 16.4. The molecule has 0 bridgehead atoms. The molecule has 0 amide bonds. The summed E-state index contributed by atoms with van der Waals surface area (Å²) in [6.45, 7) is 11.0. The zero-order valence-corrected chi connectivity index (χ0v) is 13.1. The van der Waals surface area contributed by atoms with E-state index in [4.69, 9.17) is 0 Å². The first-order valence-electron chi connectivity index (χ1n) is 7.82. The molecule has 1 aliphatic rings. The van der Waals surface area contributed by atoms with E-state index >= 15 is 0 Å². The van der Waals surface area contributed by atoms with Crippen molar-refractivity contribution in [2.45, 2.75) is 71.8 Å². The van der Waals surface area contributed by atoms with Crippen molar-refractivity contribution in [1.82, 2.24) is 4.90 Å². The van der Waals surface area contributed by atoms with Crippen LogP contribution in [0.3, 0.4) is 0 Å². The third-order valence-electron chi connectivity index (χ3n) is 4.08. The number of carboxylic acids is 1. The number of aliphatic carboxylic acids is 1. The van der Waals surface area contributed by atoms with E-state index in [1.165, 1.54) is 19.3 Å². The summed E-state index contributed by atoms with van der Waals surface area (Å²) in [5.41, 5.74) is -0.130. The monoisotopic (exact) mass is 269 g/mol. The Morgan fingerprint density at radius 3 is 1.89 bits per heavy atom. The number of likely N-dealkylation sites (tertiary alicyclic amines) is 1. The van der Waals surface area contributed by atoms with Crippen LogP contribution in [-0.2, 0) is 4.79 Å². The average Bonchev–Trinajstić information content (AvgIpc) is 2.27. The third kappa shape index (κ3) is 5.13. The Labute approximate surface area is 118 Å². The largest absolute Gasteiger partial charge is 0.481 e. The average molecular weight is 269 g/mol. The van der Waals surface area contributed by atoms with Crippen molar-refractivity contribution in [3.8, 4) is 0 Å². The standard InChI is InChI=1S/C16H31NO2/c1-13(2)10-16(11-14(3)4,12-15(18)19)17-8-6-5-7-9-17/h13-14H,5-12H2,1-4H3,(H,18,19). The fourth-order valence-corrected chi connectivity index (χ4v) is 3.77. The summed E-state index contributed by atoms with van der Waals surface area (Å²) in [4.78, 5) is 13.9. The Balaban J connectivity index is 2.95. The van der Waals surface area contributed by atoms with Gasteiger partial charge in [-0.05, 0) is 50.6 Å². The zero-order chi connectivity index (χ0) is 14.5. The summed E-state index contributed by atoms with van der Waals surface area (Å²) in [7, 11) is 0. The van der Waals surface area contributed by atoms with Gasteiger partial charge < -0.3 is 5.11 Å². The zero-order valence-electron chi connectivity index (χ0n) is 13.1. The van der Waals surface area contributed by atoms with Crippen LogP contribution in [0.25, 0.3) is 0 Å². The van der Waals surface area contributed by atoms with E-state index in [1.54, 1.807) is 0 Å². The fourth-order valence-electron chi connectivity index (χ4n) is 3.77. The van der Waals surface area contributed by atoms with E-state index < -0.39 is 5.97 Å². The minimum atomic E-state index is -0.646. The van der Waals surface area contributed by atoms with E-state index in [1.807, 2.05) is 0 Å². The minimum absolute atomic E-state index is 0.130. The van der Waals surface area contributed by atoms with Gasteiger partial charge in [0.1, 0.15) is 0 Å². The Morgan fingerprint density at radius 1 is 1.05 bits per heavy atom. The molecule has 0 aliphatic carbocycles. The molecule has 1 N–H and O–H groups in total. The molecule has 1 aliphatic heterocycles. The maximum Gasteiger partial charge on any atom is 0.305 e. The van der Waals surface area contributed by atoms with Crippen LogP contribution in [0.5, 0.6) is 0 Å². The summed E-state index contributed by atoms with van der Waals surface area (Å²) >= 11 is 0. The van der Waals surface area contributed by atoms with Crippen LogP contribution in [-0.4, -0.2) is 34.6 Å². The smallest absolute Gasteiger partial charge is 0.305 e. The van der Waals surface area contributed by atoms with Gasteiger partial charge in [-0.25, -0.2) is 0 Å². The van der Waals surface area contributed by atoms with Crippen LogP contribution in [0.1, 0.15) is 66.2 Å². The number of hydrogen-bond donors (Lipinski definition) is 1. The first-order chi connectivity index (χ1) is 8.85. The van der Waals surface area contributed by atoms with Gasteiger partial charge in [-0.2, -0.15) is 0 Å². The normalized spacial score (nSPS) is 18.2. The lowest BCUT2D eigenvalue weighted by atomic mass is 9.77. The second-order valence-corrected chi connectivity index (χ2v) is 7.04. The maximum atomic E-state index is 11.4. The van der Waals surface area contributed by atoms with Crippen LogP contribution in [0.2, 0.25) is 0 Å². The molecule has 0 radical (unpaired) electrons. The Hall–Kier alpha value is -0.570. The molecule has 1 saturated heterocycles. The maximum absolute atomic E-state index is 11.4. The number of carboxylic acid groups (broad SMARTS) is 1. The number of carbonyl (C=O) groups is 1. The molecule has 19 heavy (non-hydrogen) atoms. The van der Waals surface area contributed by atoms with Crippen LogP contribution >= 0.6 is 0 Å². The molecular weight excluding hydrogens is 238 g/mol. The van der Waals surface area contributed by atoms with Gasteiger partial charge in [0.05, 0.1) is 6.42 Å². The molecule has 0 unspecified atom stereocenters. The first kappa shape index (κ1) is 16.5. The van der Waals surface area contributed by atoms with Crippen LogP contribution in [0.4, 0.5) is 0 Å². The molecule has 0 spiro atoms. The number of rotatable bonds is 7. The van der Waals surface area contributed by atoms with Crippen molar-refractivity contribution < 1.29 is 9.90 Å². The van der Waals surface area contributed by atoms with E-state index in [0.717, 1.165) is 25.9 Å². The van der Waals surface area contributed by atoms with Crippen molar-refractivity contribution in [1.29, 1.82) is 0 Å². The lowest BCUT2D eigenvalue weighted by Crippen LogP contribution is -2.53. The van der Waals surface area contributed by atoms with Gasteiger partial charge in [-0.3, -0.25) is 9.69 Å². The van der Waals surface area contributed by atoms with Crippen molar-refractivity contribution in [2.24, 2.45) is 11.8 Å². The summed E-state index contributed by atoms with van der Waals surface area (Å²) in [5, 5.41) is 9.38. The van der Waals surface area contributed by atoms with Gasteiger partial charge in [0.2, 0.25) is 0 Å². The number of nitrogens with zero attached hydrogens (tertiary/aromatic N) is 1. The number of hydrogen-bond acceptors (Lipinski definition) is 2. The van der Waals surface area contributed by atoms with Gasteiger partial charge in [0, 0.05) is 5.54 Å². The highest BCUT2D eigenvalue weighted by Crippen LogP contribution is 2.36. The van der Waals surface area contributed by atoms with Gasteiger partial charge >= 0.3 is 5.97 Å². The van der Waals surface area contributed by atoms with Crippen LogP contribution in [0, 0.1) is 11.8 Å². The lowest BCUT2D eigenvalue weighted by Gasteiger charge is -2.47. The Bertz CT molecular complexity index is 270. The molecule has 0 aromatic rings. The highest BCUT2D eigenvalue weighted by molar-refractivity contribution is 5.68. The SMILES string of the molecule is CC(C)CC(CC(=O)O)(CC(C)C)N1CCCCC1. The highest BCUT2D eigenvalue weighted by Gasteiger charge is 2.40. The molecule has 112 valence electrons. The molecule has 0 atom stereocenters. The summed E-state index contributed by atoms with van der Waals surface area (Å²) in [5.74, 6) is 0.437. The quantitative estimate of drug-likeness (QED) is 0.764. The molecule has 3 nitrogen and oxygen atoms in total. The van der Waals surface area contributed by atoms with Crippen LogP contribution in [0.15, 0.2) is 0 Å². The van der Waals surface area contributed by atoms with Gasteiger partial charge in [0.25, 0.3) is 0 Å². The Morgan fingerprint density at radius 2 is 1.53 bits per heavy atom. The van der Waals surface area contributed by atoms with E-state index in [2.05, 4.69) is 32.6 Å². The van der Waals surface area contributed by atoms with Gasteiger partial charge in [-0.1, -0.05) is 34.1 Å². The summed E-state index contributed by atoms with van der Waals surface area (Å²) in [6, 6.07) is 0. The molecule has 0 aromatic heterocycles. The Kier molecular flexibility index (Phi) is 6.31. The number of piperidine rings is 1. The first-order valence-corrected chi connectivity index (χ1v) is 7.82. The molecule has 1 heterocycles. The second kappa shape index (κ2) is 7.28. The van der Waals surface area contributed by atoms with E-state index in [0.29, 0.717) is 18.3 Å². The van der Waals surface area contributed by atoms with Crippen molar-refractivity contribution >= 4 is 5.97 Å². The van der Waals surface area contributed by atoms with Crippen molar-refractivity contribution in [3.63, 3.8) is 0 Å². The second-order valence-electron chi connectivity index (χ2n) is 7.04. The van der Waals surface area contributed by atoms with Crippen LogP contribution < -0.4 is 0 Å². The summed E-state index contributed by atoms with van der Waals surface area (Å²) in [6.07, 6.45) is 6.02. The molecule has 3 heteroatoms. The van der Waals surface area contributed by atoms with Gasteiger partial charge in [-0.15, -0.1) is 0 Å². The molecule has 0 aromatic carbocycles. The molecule has 1 fully saturated rings. The predicted molar refractivity (Wildman–Crippen MR) is 79.3 cm³/mol. The predicted octanol–water partition coefficient (Wildman–Crippen LogP) is 3.78. The minimum Gasteiger partial charge on any atom is -0.481 e. The lowest BCUT2D eigenvalue weighted by molar-refractivity contribution is -0.141. The molecular formula is C16H31NO2. The third-order valence-corrected chi connectivity index (χ3v) is 4.08. The van der Waals surface area contributed by atoms with Gasteiger partial charge in [0.15, 0.2) is 0 Å². The van der Waals surface area contributed by atoms with Crippen molar-refractivity contribution in [3.05, 3.63) is 0 Å². The summed E-state index contributed by atoms with van der Waals surface area (Å²) < 4.78 is 0. The van der Waals surface area contributed by atoms with E-state index in [-0.39, 0.29) is 5.54 Å².